The first-order chi connectivity index (χ1) is 7.76. The van der Waals surface area contributed by atoms with Crippen LogP contribution in [0.25, 0.3) is 0 Å². The Labute approximate surface area is 114 Å². The zero-order valence-corrected chi connectivity index (χ0v) is 12.3. The molecule has 1 aliphatic rings. The van der Waals surface area contributed by atoms with E-state index in [0.717, 1.165) is 15.9 Å². The molecule has 0 aliphatic heterocycles. The highest BCUT2D eigenvalue weighted by Gasteiger charge is 2.32. The molecule has 0 unspecified atom stereocenters. The normalized spacial score (nSPS) is 18.6. The van der Waals surface area contributed by atoms with Gasteiger partial charge >= 0.3 is 0 Å². The molecule has 1 aliphatic carbocycles. The van der Waals surface area contributed by atoms with Crippen molar-refractivity contribution in [3.05, 3.63) is 16.1 Å². The number of hydrogen-bond acceptors (Lipinski definition) is 4. The largest absolute Gasteiger partial charge is 0.368 e. The van der Waals surface area contributed by atoms with Crippen LogP contribution in [0, 0.1) is 3.57 Å². The topological polar surface area (TPSA) is 37.8 Å². The van der Waals surface area contributed by atoms with Gasteiger partial charge in [0.15, 0.2) is 0 Å². The lowest BCUT2D eigenvalue weighted by Gasteiger charge is -2.27. The summed E-state index contributed by atoms with van der Waals surface area (Å²) in [6.07, 6.45) is 11.0. The highest BCUT2D eigenvalue weighted by molar-refractivity contribution is 14.1. The Morgan fingerprint density at radius 2 is 2.25 bits per heavy atom. The predicted octanol–water partition coefficient (Wildman–Crippen LogP) is 3.17. The van der Waals surface area contributed by atoms with Gasteiger partial charge in [-0.15, -0.1) is 0 Å². The summed E-state index contributed by atoms with van der Waals surface area (Å²) in [6.45, 7) is 1.02. The molecule has 1 aromatic rings. The maximum atomic E-state index is 4.27. The summed E-state index contributed by atoms with van der Waals surface area (Å²) in [5, 5.41) is 3.47. The molecule has 0 atom stereocenters. The average molecular weight is 349 g/mol. The van der Waals surface area contributed by atoms with E-state index in [2.05, 4.69) is 44.1 Å². The Kier molecular flexibility index (Phi) is 4.29. The Bertz CT molecular complexity index is 353. The van der Waals surface area contributed by atoms with Crippen molar-refractivity contribution in [3.63, 3.8) is 0 Å². The molecule has 16 heavy (non-hydrogen) atoms. The molecule has 1 fully saturated rings. The zero-order valence-electron chi connectivity index (χ0n) is 9.37. The molecular weight excluding hydrogens is 333 g/mol. The lowest BCUT2D eigenvalue weighted by Crippen LogP contribution is -2.30. The first-order valence-corrected chi connectivity index (χ1v) is 7.81. The molecule has 1 saturated carbocycles. The third-order valence-electron chi connectivity index (χ3n) is 3.19. The second-order valence-electron chi connectivity index (χ2n) is 4.17. The number of nitrogens with zero attached hydrogens (tertiary/aromatic N) is 2. The van der Waals surface area contributed by atoms with E-state index in [1.165, 1.54) is 25.7 Å². The highest BCUT2D eigenvalue weighted by Crippen LogP contribution is 2.40. The van der Waals surface area contributed by atoms with E-state index in [9.17, 15) is 0 Å². The van der Waals surface area contributed by atoms with E-state index in [1.54, 1.807) is 6.33 Å². The van der Waals surface area contributed by atoms with Crippen molar-refractivity contribution < 1.29 is 0 Å². The van der Waals surface area contributed by atoms with Crippen LogP contribution in [0.5, 0.6) is 0 Å². The van der Waals surface area contributed by atoms with E-state index in [-0.39, 0.29) is 0 Å². The number of anilines is 1. The quantitative estimate of drug-likeness (QED) is 0.848. The first-order valence-electron chi connectivity index (χ1n) is 5.50. The summed E-state index contributed by atoms with van der Waals surface area (Å²) < 4.78 is 1.52. The number of hydrogen-bond donors (Lipinski definition) is 1. The van der Waals surface area contributed by atoms with E-state index in [0.29, 0.717) is 4.75 Å². The third kappa shape index (κ3) is 2.80. The van der Waals surface area contributed by atoms with Crippen molar-refractivity contribution in [3.8, 4) is 0 Å². The van der Waals surface area contributed by atoms with Crippen LogP contribution < -0.4 is 5.32 Å². The lowest BCUT2D eigenvalue weighted by molar-refractivity contribution is 0.638. The summed E-state index contributed by atoms with van der Waals surface area (Å²) >= 11 is 4.27. The van der Waals surface area contributed by atoms with Crippen molar-refractivity contribution in [2.45, 2.75) is 30.4 Å². The molecular formula is C11H16IN3S. The third-order valence-corrected chi connectivity index (χ3v) is 5.40. The number of aromatic nitrogens is 2. The van der Waals surface area contributed by atoms with Crippen LogP contribution >= 0.6 is 34.4 Å². The van der Waals surface area contributed by atoms with Crippen molar-refractivity contribution in [1.82, 2.24) is 9.97 Å². The van der Waals surface area contributed by atoms with Gasteiger partial charge in [0.2, 0.25) is 0 Å². The fraction of sp³-hybridized carbons (Fsp3) is 0.636. The minimum atomic E-state index is 0.425. The second-order valence-corrected chi connectivity index (χ2v) is 6.60. The van der Waals surface area contributed by atoms with Gasteiger partial charge in [-0.1, -0.05) is 12.8 Å². The van der Waals surface area contributed by atoms with Crippen LogP contribution in [0.1, 0.15) is 25.7 Å². The SMILES string of the molecule is CSC1(CNc2ncncc2I)CCCC1. The van der Waals surface area contributed by atoms with Gasteiger partial charge in [-0.25, -0.2) is 9.97 Å². The van der Waals surface area contributed by atoms with Gasteiger partial charge in [-0.05, 0) is 41.7 Å². The molecule has 0 radical (unpaired) electrons. The van der Waals surface area contributed by atoms with Crippen LogP contribution in [0.4, 0.5) is 5.82 Å². The molecule has 0 amide bonds. The number of rotatable bonds is 4. The van der Waals surface area contributed by atoms with Crippen LogP contribution in [0.15, 0.2) is 12.5 Å². The van der Waals surface area contributed by atoms with Crippen molar-refractivity contribution >= 4 is 40.2 Å². The molecule has 3 nitrogen and oxygen atoms in total. The molecule has 2 rings (SSSR count). The second kappa shape index (κ2) is 5.53. The van der Waals surface area contributed by atoms with Gasteiger partial charge < -0.3 is 5.32 Å². The van der Waals surface area contributed by atoms with E-state index in [4.69, 9.17) is 0 Å². The standard InChI is InChI=1S/C11H16IN3S/c1-16-11(4-2-3-5-11)7-14-10-9(12)6-13-8-15-10/h6,8H,2-5,7H2,1H3,(H,13,14,15). The van der Waals surface area contributed by atoms with Gasteiger partial charge in [0.1, 0.15) is 12.1 Å². The molecule has 5 heteroatoms. The van der Waals surface area contributed by atoms with E-state index in [1.807, 2.05) is 18.0 Å². The van der Waals surface area contributed by atoms with Crippen LogP contribution in [0.3, 0.4) is 0 Å². The smallest absolute Gasteiger partial charge is 0.142 e. The molecule has 0 aromatic carbocycles. The summed E-state index contributed by atoms with van der Waals surface area (Å²) in [5.41, 5.74) is 0. The van der Waals surface area contributed by atoms with Crippen molar-refractivity contribution in [2.75, 3.05) is 18.1 Å². The minimum absolute atomic E-state index is 0.425. The van der Waals surface area contributed by atoms with Crippen LogP contribution in [-0.2, 0) is 0 Å². The first kappa shape index (κ1) is 12.4. The Morgan fingerprint density at radius 1 is 1.50 bits per heavy atom. The van der Waals surface area contributed by atoms with Crippen molar-refractivity contribution in [1.29, 1.82) is 0 Å². The fourth-order valence-electron chi connectivity index (χ4n) is 2.16. The summed E-state index contributed by atoms with van der Waals surface area (Å²) in [6, 6.07) is 0. The summed E-state index contributed by atoms with van der Waals surface area (Å²) in [5.74, 6) is 0.968. The Balaban J connectivity index is 1.98. The zero-order chi connectivity index (χ0) is 11.4. The average Bonchev–Trinajstić information content (AvgIpc) is 2.78. The van der Waals surface area contributed by atoms with Gasteiger partial charge in [-0.3, -0.25) is 0 Å². The maximum Gasteiger partial charge on any atom is 0.142 e. The van der Waals surface area contributed by atoms with E-state index >= 15 is 0 Å². The molecule has 88 valence electrons. The number of halogens is 1. The highest BCUT2D eigenvalue weighted by atomic mass is 127. The molecule has 1 N–H and O–H groups in total. The molecule has 0 bridgehead atoms. The number of nitrogens with one attached hydrogen (secondary N) is 1. The Morgan fingerprint density at radius 3 is 2.88 bits per heavy atom. The predicted molar refractivity (Wildman–Crippen MR) is 78.0 cm³/mol. The van der Waals surface area contributed by atoms with Gasteiger partial charge in [0, 0.05) is 17.5 Å². The minimum Gasteiger partial charge on any atom is -0.368 e. The fourth-order valence-corrected chi connectivity index (χ4v) is 3.56. The lowest BCUT2D eigenvalue weighted by atomic mass is 10.1. The van der Waals surface area contributed by atoms with Crippen LogP contribution in [-0.4, -0.2) is 27.5 Å². The van der Waals surface area contributed by atoms with Crippen LogP contribution in [0.2, 0.25) is 0 Å². The van der Waals surface area contributed by atoms with Crippen molar-refractivity contribution in [2.24, 2.45) is 0 Å². The van der Waals surface area contributed by atoms with Gasteiger partial charge in [-0.2, -0.15) is 11.8 Å². The Hall–Kier alpha value is -0.0400. The summed E-state index contributed by atoms with van der Waals surface area (Å²) in [4.78, 5) is 8.26. The monoisotopic (exact) mass is 349 g/mol. The molecule has 0 spiro atoms. The van der Waals surface area contributed by atoms with Gasteiger partial charge in [0.25, 0.3) is 0 Å². The molecule has 0 saturated heterocycles. The number of thioether (sulfide) groups is 1. The van der Waals surface area contributed by atoms with Gasteiger partial charge in [0.05, 0.1) is 3.57 Å². The van der Waals surface area contributed by atoms with E-state index < -0.39 is 0 Å². The molecule has 1 heterocycles. The summed E-state index contributed by atoms with van der Waals surface area (Å²) in [7, 11) is 0. The maximum absolute atomic E-state index is 4.27. The molecule has 1 aromatic heterocycles.